The van der Waals surface area contributed by atoms with Crippen LogP contribution in [0.1, 0.15) is 0 Å². The second-order valence-electron chi connectivity index (χ2n) is 3.00. The number of carbonyl (C=O) groups is 1. The molecule has 0 saturated carbocycles. The number of esters is 1. The fourth-order valence-electron chi connectivity index (χ4n) is 0.997. The smallest absolute Gasteiger partial charge is 0.371 e. The number of carbonyl (C=O) groups excluding carboxylic acids is 1. The van der Waals surface area contributed by atoms with E-state index in [1.54, 1.807) is 30.3 Å². The van der Waals surface area contributed by atoms with E-state index in [1.807, 2.05) is 0 Å². The van der Waals surface area contributed by atoms with E-state index in [4.69, 9.17) is 51.1 Å². The summed E-state index contributed by atoms with van der Waals surface area (Å²) in [6.07, 6.45) is 0. The van der Waals surface area contributed by atoms with Gasteiger partial charge in [-0.3, -0.25) is 0 Å². The Morgan fingerprint density at radius 3 is 2.06 bits per heavy atom. The SMILES string of the molecule is COC(=O)C(Cl)(Oc1ccccc1)C(Cl)(Cl)Cl. The summed E-state index contributed by atoms with van der Waals surface area (Å²) >= 11 is 22.8. The molecule has 0 aliphatic carbocycles. The molecule has 0 radical (unpaired) electrons. The van der Waals surface area contributed by atoms with Crippen molar-refractivity contribution in [3.05, 3.63) is 30.3 Å². The zero-order valence-electron chi connectivity index (χ0n) is 8.62. The lowest BCUT2D eigenvalue weighted by Gasteiger charge is -2.31. The van der Waals surface area contributed by atoms with Crippen LogP contribution in [0.5, 0.6) is 5.75 Å². The van der Waals surface area contributed by atoms with E-state index in [0.717, 1.165) is 7.11 Å². The summed E-state index contributed by atoms with van der Waals surface area (Å²) in [5, 5.41) is -2.24. The van der Waals surface area contributed by atoms with E-state index in [1.165, 1.54) is 0 Å². The number of benzene rings is 1. The van der Waals surface area contributed by atoms with Gasteiger partial charge < -0.3 is 9.47 Å². The van der Waals surface area contributed by atoms with Gasteiger partial charge in [-0.25, -0.2) is 4.79 Å². The fraction of sp³-hybridized carbons (Fsp3) is 0.300. The average molecular weight is 318 g/mol. The lowest BCUT2D eigenvalue weighted by atomic mass is 10.3. The molecule has 3 nitrogen and oxygen atoms in total. The molecule has 0 saturated heterocycles. The number of hydrogen-bond donors (Lipinski definition) is 0. The summed E-state index contributed by atoms with van der Waals surface area (Å²) in [4.78, 5) is 11.6. The van der Waals surface area contributed by atoms with Crippen LogP contribution in [0.4, 0.5) is 0 Å². The van der Waals surface area contributed by atoms with Gasteiger partial charge in [0.25, 0.3) is 3.79 Å². The van der Waals surface area contributed by atoms with Gasteiger partial charge >= 0.3 is 11.0 Å². The minimum absolute atomic E-state index is 0.277. The fourth-order valence-corrected chi connectivity index (χ4v) is 1.51. The highest BCUT2D eigenvalue weighted by Crippen LogP contribution is 2.44. The lowest BCUT2D eigenvalue weighted by molar-refractivity contribution is -0.151. The van der Waals surface area contributed by atoms with E-state index in [-0.39, 0.29) is 5.75 Å². The zero-order valence-corrected chi connectivity index (χ0v) is 11.6. The summed E-state index contributed by atoms with van der Waals surface area (Å²) in [6.45, 7) is 0. The molecule has 1 atom stereocenters. The van der Waals surface area contributed by atoms with Crippen molar-refractivity contribution in [2.75, 3.05) is 7.11 Å². The second-order valence-corrected chi connectivity index (χ2v) is 5.81. The quantitative estimate of drug-likeness (QED) is 0.632. The van der Waals surface area contributed by atoms with Crippen molar-refractivity contribution in [1.29, 1.82) is 0 Å². The Kier molecular flexibility index (Phi) is 4.78. The number of para-hydroxylation sites is 1. The maximum atomic E-state index is 11.6. The Balaban J connectivity index is 3.05. The molecule has 0 N–H and O–H groups in total. The molecule has 0 spiro atoms. The zero-order chi connectivity index (χ0) is 13.1. The minimum atomic E-state index is -2.24. The monoisotopic (exact) mass is 316 g/mol. The first kappa shape index (κ1) is 14.7. The third-order valence-electron chi connectivity index (χ3n) is 1.81. The molecule has 0 bridgehead atoms. The average Bonchev–Trinajstić information content (AvgIpc) is 2.27. The first-order valence-electron chi connectivity index (χ1n) is 4.39. The van der Waals surface area contributed by atoms with E-state index < -0.39 is 14.8 Å². The van der Waals surface area contributed by atoms with E-state index in [0.29, 0.717) is 0 Å². The number of ether oxygens (including phenoxy) is 2. The molecular formula is C10H8Cl4O3. The summed E-state index contributed by atoms with van der Waals surface area (Å²) in [5.41, 5.74) is 0. The Morgan fingerprint density at radius 2 is 1.65 bits per heavy atom. The molecule has 1 unspecified atom stereocenters. The second kappa shape index (κ2) is 5.53. The van der Waals surface area contributed by atoms with E-state index >= 15 is 0 Å². The predicted octanol–water partition coefficient (Wildman–Crippen LogP) is 3.54. The van der Waals surface area contributed by atoms with Gasteiger partial charge in [-0.15, -0.1) is 0 Å². The Labute approximate surface area is 118 Å². The van der Waals surface area contributed by atoms with Crippen LogP contribution in [0.3, 0.4) is 0 Å². The van der Waals surface area contributed by atoms with Crippen LogP contribution in [0.15, 0.2) is 30.3 Å². The van der Waals surface area contributed by atoms with Gasteiger partial charge in [-0.1, -0.05) is 64.6 Å². The Hall–Kier alpha value is -0.350. The number of rotatable bonds is 3. The summed E-state index contributed by atoms with van der Waals surface area (Å²) < 4.78 is 7.50. The van der Waals surface area contributed by atoms with Crippen LogP contribution in [0, 0.1) is 0 Å². The number of alkyl halides is 4. The van der Waals surface area contributed by atoms with Crippen molar-refractivity contribution >= 4 is 52.4 Å². The van der Waals surface area contributed by atoms with Crippen LogP contribution in [-0.2, 0) is 9.53 Å². The van der Waals surface area contributed by atoms with Gasteiger partial charge in [0, 0.05) is 0 Å². The lowest BCUT2D eigenvalue weighted by Crippen LogP contribution is -2.50. The van der Waals surface area contributed by atoms with Crippen LogP contribution in [-0.4, -0.2) is 21.9 Å². The molecule has 1 aromatic rings. The summed E-state index contributed by atoms with van der Waals surface area (Å²) in [7, 11) is 1.12. The highest BCUT2D eigenvalue weighted by Gasteiger charge is 2.57. The van der Waals surface area contributed by atoms with Crippen LogP contribution >= 0.6 is 46.4 Å². The van der Waals surface area contributed by atoms with E-state index in [9.17, 15) is 4.79 Å². The number of hydrogen-bond acceptors (Lipinski definition) is 3. The highest BCUT2D eigenvalue weighted by molar-refractivity contribution is 6.72. The molecule has 0 aliphatic rings. The molecule has 1 rings (SSSR count). The maximum absolute atomic E-state index is 11.6. The molecule has 94 valence electrons. The predicted molar refractivity (Wildman–Crippen MR) is 68.0 cm³/mol. The molecule has 17 heavy (non-hydrogen) atoms. The first-order valence-corrected chi connectivity index (χ1v) is 5.90. The molecule has 0 aliphatic heterocycles. The topological polar surface area (TPSA) is 35.5 Å². The molecule has 1 aromatic carbocycles. The third-order valence-corrected chi connectivity index (χ3v) is 3.42. The van der Waals surface area contributed by atoms with Gasteiger partial charge in [-0.2, -0.15) is 0 Å². The van der Waals surface area contributed by atoms with Crippen LogP contribution < -0.4 is 4.74 Å². The van der Waals surface area contributed by atoms with Crippen molar-refractivity contribution in [3.63, 3.8) is 0 Å². The Morgan fingerprint density at radius 1 is 1.12 bits per heavy atom. The van der Waals surface area contributed by atoms with Crippen LogP contribution in [0.25, 0.3) is 0 Å². The largest absolute Gasteiger partial charge is 0.465 e. The molecule has 0 amide bonds. The first-order chi connectivity index (χ1) is 7.81. The normalized spacial score (nSPS) is 14.9. The maximum Gasteiger partial charge on any atom is 0.371 e. The van der Waals surface area contributed by atoms with Crippen LogP contribution in [0.2, 0.25) is 0 Å². The molecule has 7 heteroatoms. The number of halogens is 4. The summed E-state index contributed by atoms with van der Waals surface area (Å²) in [5.74, 6) is -0.720. The van der Waals surface area contributed by atoms with Crippen molar-refractivity contribution in [3.8, 4) is 5.75 Å². The number of methoxy groups -OCH3 is 1. The van der Waals surface area contributed by atoms with E-state index in [2.05, 4.69) is 4.74 Å². The van der Waals surface area contributed by atoms with Crippen molar-refractivity contribution in [2.45, 2.75) is 8.85 Å². The van der Waals surface area contributed by atoms with Crippen molar-refractivity contribution in [2.24, 2.45) is 0 Å². The van der Waals surface area contributed by atoms with Gasteiger partial charge in [-0.05, 0) is 12.1 Å². The minimum Gasteiger partial charge on any atom is -0.465 e. The molecule has 0 fully saturated rings. The highest BCUT2D eigenvalue weighted by atomic mass is 35.6. The molecule has 0 heterocycles. The van der Waals surface area contributed by atoms with Gasteiger partial charge in [0.2, 0.25) is 0 Å². The van der Waals surface area contributed by atoms with Gasteiger partial charge in [0.15, 0.2) is 0 Å². The Bertz CT molecular complexity index is 390. The molecule has 0 aromatic heterocycles. The molecular weight excluding hydrogens is 310 g/mol. The summed E-state index contributed by atoms with van der Waals surface area (Å²) in [6, 6.07) is 8.26. The standard InChI is InChI=1S/C10H8Cl4O3/c1-16-8(15)9(11,10(12,13)14)17-7-5-3-2-4-6-7/h2-6H,1H3. The van der Waals surface area contributed by atoms with Gasteiger partial charge in [0.05, 0.1) is 7.11 Å². The van der Waals surface area contributed by atoms with Gasteiger partial charge in [0.1, 0.15) is 5.75 Å². The van der Waals surface area contributed by atoms with Crippen molar-refractivity contribution in [1.82, 2.24) is 0 Å². The van der Waals surface area contributed by atoms with Crippen molar-refractivity contribution < 1.29 is 14.3 Å². The third kappa shape index (κ3) is 3.32.